The summed E-state index contributed by atoms with van der Waals surface area (Å²) in [4.78, 5) is 25.3. The number of hydrogen-bond donors (Lipinski definition) is 2. The van der Waals surface area contributed by atoms with Gasteiger partial charge in [-0.25, -0.2) is 9.97 Å². The summed E-state index contributed by atoms with van der Waals surface area (Å²) in [7, 11) is 0. The number of amides is 1. The molecule has 4 rings (SSSR count). The fraction of sp³-hybridized carbons (Fsp3) is 0.167. The third-order valence-electron chi connectivity index (χ3n) is 4.95. The SMILES string of the molecule is Cc1cccc(CC(C)NC(=O)c2ccc3cc(-c4cnc(N)nc4)ccc3c2)n1. The minimum Gasteiger partial charge on any atom is -0.368 e. The number of anilines is 1. The molecule has 6 heteroatoms. The molecule has 1 unspecified atom stereocenters. The van der Waals surface area contributed by atoms with Gasteiger partial charge in [-0.1, -0.05) is 24.3 Å². The third kappa shape index (κ3) is 4.43. The van der Waals surface area contributed by atoms with E-state index in [1.807, 2.05) is 62.4 Å². The number of aryl methyl sites for hydroxylation is 1. The molecule has 150 valence electrons. The number of aromatic nitrogens is 3. The summed E-state index contributed by atoms with van der Waals surface area (Å²) in [6.07, 6.45) is 4.10. The molecular weight excluding hydrogens is 374 g/mol. The molecule has 2 heterocycles. The number of carbonyl (C=O) groups is 1. The summed E-state index contributed by atoms with van der Waals surface area (Å²) in [5.74, 6) is 0.163. The van der Waals surface area contributed by atoms with Crippen LogP contribution in [0.2, 0.25) is 0 Å². The van der Waals surface area contributed by atoms with Crippen molar-refractivity contribution in [3.05, 3.63) is 83.9 Å². The number of hydrogen-bond acceptors (Lipinski definition) is 5. The predicted molar refractivity (Wildman–Crippen MR) is 119 cm³/mol. The Labute approximate surface area is 175 Å². The molecule has 3 N–H and O–H groups in total. The van der Waals surface area contributed by atoms with Crippen molar-refractivity contribution in [3.63, 3.8) is 0 Å². The maximum atomic E-state index is 12.7. The number of nitrogens with one attached hydrogen (secondary N) is 1. The normalized spacial score (nSPS) is 11.9. The van der Waals surface area contributed by atoms with Gasteiger partial charge in [-0.15, -0.1) is 0 Å². The number of nitrogens with two attached hydrogens (primary N) is 1. The van der Waals surface area contributed by atoms with Gasteiger partial charge in [-0.3, -0.25) is 9.78 Å². The Morgan fingerprint density at radius 2 is 1.73 bits per heavy atom. The quantitative estimate of drug-likeness (QED) is 0.532. The second-order valence-corrected chi connectivity index (χ2v) is 7.46. The Kier molecular flexibility index (Phi) is 5.39. The summed E-state index contributed by atoms with van der Waals surface area (Å²) >= 11 is 0. The highest BCUT2D eigenvalue weighted by atomic mass is 16.1. The van der Waals surface area contributed by atoms with Gasteiger partial charge in [0.2, 0.25) is 5.95 Å². The fourth-order valence-electron chi connectivity index (χ4n) is 3.44. The van der Waals surface area contributed by atoms with Crippen LogP contribution < -0.4 is 11.1 Å². The van der Waals surface area contributed by atoms with Crippen LogP contribution in [-0.2, 0) is 6.42 Å². The lowest BCUT2D eigenvalue weighted by atomic mass is 10.0. The lowest BCUT2D eigenvalue weighted by molar-refractivity contribution is 0.0940. The highest BCUT2D eigenvalue weighted by molar-refractivity contribution is 5.99. The van der Waals surface area contributed by atoms with Gasteiger partial charge in [0, 0.05) is 47.4 Å². The van der Waals surface area contributed by atoms with Crippen LogP contribution >= 0.6 is 0 Å². The van der Waals surface area contributed by atoms with Crippen molar-refractivity contribution in [2.24, 2.45) is 0 Å². The van der Waals surface area contributed by atoms with Crippen molar-refractivity contribution >= 4 is 22.6 Å². The Balaban J connectivity index is 1.49. The molecule has 2 aromatic heterocycles. The largest absolute Gasteiger partial charge is 0.368 e. The van der Waals surface area contributed by atoms with E-state index in [9.17, 15) is 4.79 Å². The summed E-state index contributed by atoms with van der Waals surface area (Å²) in [5, 5.41) is 5.10. The molecule has 2 aromatic carbocycles. The first-order valence-corrected chi connectivity index (χ1v) is 9.83. The number of nitrogen functional groups attached to an aromatic ring is 1. The number of rotatable bonds is 5. The van der Waals surface area contributed by atoms with E-state index in [4.69, 9.17) is 5.73 Å². The first-order chi connectivity index (χ1) is 14.5. The van der Waals surface area contributed by atoms with Crippen LogP contribution in [0.25, 0.3) is 21.9 Å². The molecule has 0 bridgehead atoms. The zero-order chi connectivity index (χ0) is 21.1. The van der Waals surface area contributed by atoms with E-state index in [0.29, 0.717) is 12.0 Å². The molecule has 0 saturated carbocycles. The van der Waals surface area contributed by atoms with Crippen molar-refractivity contribution in [1.29, 1.82) is 0 Å². The van der Waals surface area contributed by atoms with Gasteiger partial charge in [0.05, 0.1) is 0 Å². The van der Waals surface area contributed by atoms with Crippen LogP contribution in [0, 0.1) is 6.92 Å². The number of benzene rings is 2. The fourth-order valence-corrected chi connectivity index (χ4v) is 3.44. The zero-order valence-electron chi connectivity index (χ0n) is 17.0. The van der Waals surface area contributed by atoms with Crippen molar-refractivity contribution in [2.75, 3.05) is 5.73 Å². The van der Waals surface area contributed by atoms with E-state index >= 15 is 0 Å². The Hall–Kier alpha value is -3.80. The molecule has 0 fully saturated rings. The Bertz CT molecular complexity index is 1200. The molecule has 0 aliphatic rings. The first kappa shape index (κ1) is 19.5. The van der Waals surface area contributed by atoms with Crippen LogP contribution in [0.15, 0.2) is 67.0 Å². The highest BCUT2D eigenvalue weighted by Crippen LogP contribution is 2.24. The highest BCUT2D eigenvalue weighted by Gasteiger charge is 2.12. The van der Waals surface area contributed by atoms with Gasteiger partial charge in [-0.05, 0) is 60.5 Å². The summed E-state index contributed by atoms with van der Waals surface area (Å²) in [5.41, 5.74) is 10.0. The summed E-state index contributed by atoms with van der Waals surface area (Å²) in [6.45, 7) is 3.96. The summed E-state index contributed by atoms with van der Waals surface area (Å²) in [6, 6.07) is 17.7. The molecule has 0 aliphatic heterocycles. The van der Waals surface area contributed by atoms with Crippen molar-refractivity contribution in [1.82, 2.24) is 20.3 Å². The van der Waals surface area contributed by atoms with Gasteiger partial charge in [0.25, 0.3) is 5.91 Å². The molecule has 1 amide bonds. The van der Waals surface area contributed by atoms with E-state index in [0.717, 1.165) is 33.3 Å². The van der Waals surface area contributed by atoms with Crippen LogP contribution in [-0.4, -0.2) is 26.9 Å². The van der Waals surface area contributed by atoms with E-state index in [2.05, 4.69) is 26.3 Å². The van der Waals surface area contributed by atoms with Crippen molar-refractivity contribution < 1.29 is 4.79 Å². The predicted octanol–water partition coefficient (Wildman–Crippen LogP) is 3.94. The maximum Gasteiger partial charge on any atom is 0.251 e. The average Bonchev–Trinajstić information content (AvgIpc) is 2.73. The monoisotopic (exact) mass is 397 g/mol. The zero-order valence-corrected chi connectivity index (χ0v) is 17.0. The number of nitrogens with zero attached hydrogens (tertiary/aromatic N) is 3. The molecular formula is C24H23N5O. The Morgan fingerprint density at radius 3 is 2.50 bits per heavy atom. The molecule has 30 heavy (non-hydrogen) atoms. The maximum absolute atomic E-state index is 12.7. The molecule has 0 spiro atoms. The lowest BCUT2D eigenvalue weighted by Crippen LogP contribution is -2.34. The van der Waals surface area contributed by atoms with Crippen LogP contribution in [0.4, 0.5) is 5.95 Å². The van der Waals surface area contributed by atoms with Gasteiger partial charge in [-0.2, -0.15) is 0 Å². The lowest BCUT2D eigenvalue weighted by Gasteiger charge is -2.14. The molecule has 0 saturated heterocycles. The molecule has 0 aliphatic carbocycles. The van der Waals surface area contributed by atoms with E-state index in [1.54, 1.807) is 12.4 Å². The standard InChI is InChI=1S/C24H23N5O/c1-15-4-3-5-22(28-15)10-16(2)29-23(30)20-9-8-17-11-19(7-6-18(17)12-20)21-13-26-24(25)27-14-21/h3-9,11-14,16H,10H2,1-2H3,(H,29,30)(H2,25,26,27). The topological polar surface area (TPSA) is 93.8 Å². The van der Waals surface area contributed by atoms with Gasteiger partial charge >= 0.3 is 0 Å². The van der Waals surface area contributed by atoms with Crippen molar-refractivity contribution in [3.8, 4) is 11.1 Å². The van der Waals surface area contributed by atoms with Gasteiger partial charge in [0.1, 0.15) is 0 Å². The second-order valence-electron chi connectivity index (χ2n) is 7.46. The van der Waals surface area contributed by atoms with Crippen LogP contribution in [0.3, 0.4) is 0 Å². The Morgan fingerprint density at radius 1 is 1.00 bits per heavy atom. The molecule has 1 atom stereocenters. The van der Waals surface area contributed by atoms with Crippen molar-refractivity contribution in [2.45, 2.75) is 26.3 Å². The molecule has 4 aromatic rings. The summed E-state index contributed by atoms with van der Waals surface area (Å²) < 4.78 is 0. The smallest absolute Gasteiger partial charge is 0.251 e. The minimum atomic E-state index is -0.0898. The molecule has 6 nitrogen and oxygen atoms in total. The minimum absolute atomic E-state index is 0.0182. The van der Waals surface area contributed by atoms with Gasteiger partial charge < -0.3 is 11.1 Å². The average molecular weight is 397 g/mol. The number of carbonyl (C=O) groups excluding carboxylic acids is 1. The third-order valence-corrected chi connectivity index (χ3v) is 4.95. The van der Waals surface area contributed by atoms with Gasteiger partial charge in [0.15, 0.2) is 0 Å². The number of fused-ring (bicyclic) bond motifs is 1. The second kappa shape index (κ2) is 8.29. The number of pyridine rings is 1. The van der Waals surface area contributed by atoms with E-state index in [1.165, 1.54) is 0 Å². The van der Waals surface area contributed by atoms with Crippen LogP contribution in [0.5, 0.6) is 0 Å². The van der Waals surface area contributed by atoms with E-state index in [-0.39, 0.29) is 17.9 Å². The first-order valence-electron chi connectivity index (χ1n) is 9.83. The van der Waals surface area contributed by atoms with Crippen LogP contribution in [0.1, 0.15) is 28.7 Å². The van der Waals surface area contributed by atoms with E-state index < -0.39 is 0 Å². The molecule has 0 radical (unpaired) electrons.